The highest BCUT2D eigenvalue weighted by atomic mass is 16.5. The summed E-state index contributed by atoms with van der Waals surface area (Å²) in [6.07, 6.45) is 5.34. The second-order valence-corrected chi connectivity index (χ2v) is 5.92. The Morgan fingerprint density at radius 2 is 1.67 bits per heavy atom. The first-order valence-corrected chi connectivity index (χ1v) is 7.05. The van der Waals surface area contributed by atoms with Gasteiger partial charge in [0.1, 0.15) is 5.75 Å². The predicted molar refractivity (Wildman–Crippen MR) is 76.9 cm³/mol. The topological polar surface area (TPSA) is 35.2 Å². The normalized spacial score (nSPS) is 23.9. The number of benzene rings is 1. The number of rotatable bonds is 3. The summed E-state index contributed by atoms with van der Waals surface area (Å²) in [7, 11) is 0. The summed E-state index contributed by atoms with van der Waals surface area (Å²) in [5, 5.41) is 0. The Morgan fingerprint density at radius 1 is 1.11 bits per heavy atom. The maximum absolute atomic E-state index is 6.04. The van der Waals surface area contributed by atoms with Crippen molar-refractivity contribution in [3.05, 3.63) is 23.3 Å². The van der Waals surface area contributed by atoms with Crippen molar-refractivity contribution in [2.75, 3.05) is 12.3 Å². The molecule has 0 bridgehead atoms. The fraction of sp³-hybridized carbons (Fsp3) is 0.625. The molecule has 0 unspecified atom stereocenters. The van der Waals surface area contributed by atoms with Crippen molar-refractivity contribution in [1.82, 2.24) is 0 Å². The summed E-state index contributed by atoms with van der Waals surface area (Å²) in [5.41, 5.74) is 8.95. The van der Waals surface area contributed by atoms with Gasteiger partial charge in [-0.05, 0) is 61.8 Å². The van der Waals surface area contributed by atoms with Gasteiger partial charge in [-0.3, -0.25) is 0 Å². The molecule has 1 aromatic carbocycles. The number of aryl methyl sites for hydroxylation is 2. The molecule has 2 heteroatoms. The number of nitrogen functional groups attached to an aromatic ring is 1. The van der Waals surface area contributed by atoms with Crippen molar-refractivity contribution < 1.29 is 4.74 Å². The average Bonchev–Trinajstić information content (AvgIpc) is 2.30. The van der Waals surface area contributed by atoms with Crippen molar-refractivity contribution in [2.24, 2.45) is 11.8 Å². The molecule has 0 atom stereocenters. The van der Waals surface area contributed by atoms with E-state index in [1.807, 2.05) is 12.1 Å². The number of hydrogen-bond donors (Lipinski definition) is 1. The smallest absolute Gasteiger partial charge is 0.125 e. The third kappa shape index (κ3) is 3.18. The zero-order chi connectivity index (χ0) is 13.1. The molecule has 1 saturated carbocycles. The van der Waals surface area contributed by atoms with Gasteiger partial charge in [-0.2, -0.15) is 0 Å². The van der Waals surface area contributed by atoms with Crippen molar-refractivity contribution in [1.29, 1.82) is 0 Å². The molecular formula is C16H25NO. The van der Waals surface area contributed by atoms with Gasteiger partial charge in [0.25, 0.3) is 0 Å². The number of anilines is 1. The number of nitrogens with two attached hydrogens (primary N) is 1. The van der Waals surface area contributed by atoms with Crippen LogP contribution in [-0.4, -0.2) is 6.61 Å². The Kier molecular flexibility index (Phi) is 4.15. The van der Waals surface area contributed by atoms with Crippen LogP contribution >= 0.6 is 0 Å². The minimum absolute atomic E-state index is 0.734. The largest absolute Gasteiger partial charge is 0.493 e. The molecule has 0 aliphatic heterocycles. The van der Waals surface area contributed by atoms with Gasteiger partial charge in [0.2, 0.25) is 0 Å². The highest BCUT2D eigenvalue weighted by molar-refractivity contribution is 5.52. The van der Waals surface area contributed by atoms with E-state index in [-0.39, 0.29) is 0 Å². The third-order valence-electron chi connectivity index (χ3n) is 4.08. The molecule has 2 rings (SSSR count). The molecule has 1 aromatic rings. The van der Waals surface area contributed by atoms with E-state index in [2.05, 4.69) is 20.8 Å². The van der Waals surface area contributed by atoms with Gasteiger partial charge in [0.15, 0.2) is 0 Å². The van der Waals surface area contributed by atoms with E-state index in [1.54, 1.807) is 0 Å². The molecule has 1 aliphatic carbocycles. The molecule has 2 N–H and O–H groups in total. The lowest BCUT2D eigenvalue weighted by Crippen LogP contribution is -2.19. The first-order valence-electron chi connectivity index (χ1n) is 7.05. The van der Waals surface area contributed by atoms with Crippen LogP contribution in [-0.2, 0) is 0 Å². The van der Waals surface area contributed by atoms with E-state index < -0.39 is 0 Å². The molecule has 0 saturated heterocycles. The fourth-order valence-electron chi connectivity index (χ4n) is 2.91. The van der Waals surface area contributed by atoms with E-state index in [0.29, 0.717) is 0 Å². The monoisotopic (exact) mass is 247 g/mol. The summed E-state index contributed by atoms with van der Waals surface area (Å²) in [5.74, 6) is 2.67. The SMILES string of the molecule is Cc1cc(N)cc(C)c1OCC1CCC(C)CC1. The summed E-state index contributed by atoms with van der Waals surface area (Å²) >= 11 is 0. The zero-order valence-electron chi connectivity index (χ0n) is 11.8. The highest BCUT2D eigenvalue weighted by Crippen LogP contribution is 2.31. The van der Waals surface area contributed by atoms with Crippen LogP contribution < -0.4 is 10.5 Å². The van der Waals surface area contributed by atoms with Gasteiger partial charge < -0.3 is 10.5 Å². The molecule has 0 aromatic heterocycles. The van der Waals surface area contributed by atoms with Crippen LogP contribution in [0.1, 0.15) is 43.7 Å². The van der Waals surface area contributed by atoms with Gasteiger partial charge in [0.05, 0.1) is 6.61 Å². The minimum Gasteiger partial charge on any atom is -0.493 e. The summed E-state index contributed by atoms with van der Waals surface area (Å²) in [4.78, 5) is 0. The maximum atomic E-state index is 6.04. The first kappa shape index (κ1) is 13.3. The third-order valence-corrected chi connectivity index (χ3v) is 4.08. The van der Waals surface area contributed by atoms with Gasteiger partial charge in [-0.25, -0.2) is 0 Å². The van der Waals surface area contributed by atoms with Crippen LogP contribution in [0.2, 0.25) is 0 Å². The van der Waals surface area contributed by atoms with E-state index in [0.717, 1.165) is 41.0 Å². The first-order chi connectivity index (χ1) is 8.56. The number of ether oxygens (including phenoxy) is 1. The van der Waals surface area contributed by atoms with E-state index in [9.17, 15) is 0 Å². The van der Waals surface area contributed by atoms with Crippen molar-refractivity contribution in [2.45, 2.75) is 46.5 Å². The lowest BCUT2D eigenvalue weighted by atomic mass is 9.83. The average molecular weight is 247 g/mol. The molecule has 100 valence electrons. The van der Waals surface area contributed by atoms with Crippen LogP contribution in [0.15, 0.2) is 12.1 Å². The molecule has 18 heavy (non-hydrogen) atoms. The van der Waals surface area contributed by atoms with Crippen molar-refractivity contribution in [3.63, 3.8) is 0 Å². The molecule has 0 amide bonds. The Balaban J connectivity index is 1.94. The predicted octanol–water partition coefficient (Wildman–Crippen LogP) is 4.09. The Bertz CT molecular complexity index is 383. The lowest BCUT2D eigenvalue weighted by molar-refractivity contribution is 0.186. The van der Waals surface area contributed by atoms with Crippen LogP contribution in [0, 0.1) is 25.7 Å². The standard InChI is InChI=1S/C16H25NO/c1-11-4-6-14(7-5-11)10-18-16-12(2)8-15(17)9-13(16)3/h8-9,11,14H,4-7,10,17H2,1-3H3. The highest BCUT2D eigenvalue weighted by Gasteiger charge is 2.19. The molecule has 0 heterocycles. The van der Waals surface area contributed by atoms with Crippen molar-refractivity contribution in [3.8, 4) is 5.75 Å². The van der Waals surface area contributed by atoms with Gasteiger partial charge in [-0.1, -0.05) is 19.8 Å². The Labute approximate surface area is 111 Å². The van der Waals surface area contributed by atoms with E-state index in [4.69, 9.17) is 10.5 Å². The quantitative estimate of drug-likeness (QED) is 0.816. The molecule has 1 aliphatic rings. The van der Waals surface area contributed by atoms with E-state index >= 15 is 0 Å². The van der Waals surface area contributed by atoms with Crippen molar-refractivity contribution >= 4 is 5.69 Å². The van der Waals surface area contributed by atoms with E-state index in [1.165, 1.54) is 25.7 Å². The Morgan fingerprint density at radius 3 is 2.22 bits per heavy atom. The molecule has 0 spiro atoms. The van der Waals surface area contributed by atoms with Gasteiger partial charge in [-0.15, -0.1) is 0 Å². The second kappa shape index (κ2) is 5.64. The molecule has 2 nitrogen and oxygen atoms in total. The maximum Gasteiger partial charge on any atom is 0.125 e. The summed E-state index contributed by atoms with van der Waals surface area (Å²) < 4.78 is 6.04. The molecule has 1 fully saturated rings. The second-order valence-electron chi connectivity index (χ2n) is 5.92. The zero-order valence-corrected chi connectivity index (χ0v) is 11.8. The number of hydrogen-bond acceptors (Lipinski definition) is 2. The fourth-order valence-corrected chi connectivity index (χ4v) is 2.91. The van der Waals surface area contributed by atoms with Gasteiger partial charge in [0, 0.05) is 5.69 Å². The Hall–Kier alpha value is -1.18. The van der Waals surface area contributed by atoms with Crippen LogP contribution in [0.5, 0.6) is 5.75 Å². The van der Waals surface area contributed by atoms with Crippen LogP contribution in [0.4, 0.5) is 5.69 Å². The summed E-state index contributed by atoms with van der Waals surface area (Å²) in [6.45, 7) is 7.35. The molecule has 0 radical (unpaired) electrons. The lowest BCUT2D eigenvalue weighted by Gasteiger charge is -2.26. The summed E-state index contributed by atoms with van der Waals surface area (Å²) in [6, 6.07) is 3.98. The van der Waals surface area contributed by atoms with Crippen LogP contribution in [0.3, 0.4) is 0 Å². The van der Waals surface area contributed by atoms with Gasteiger partial charge >= 0.3 is 0 Å². The van der Waals surface area contributed by atoms with Crippen LogP contribution in [0.25, 0.3) is 0 Å². The molecular weight excluding hydrogens is 222 g/mol. The minimum atomic E-state index is 0.734.